The summed E-state index contributed by atoms with van der Waals surface area (Å²) in [6.07, 6.45) is 1.53. The van der Waals surface area contributed by atoms with E-state index in [1.807, 2.05) is 0 Å². The normalized spacial score (nSPS) is 10.2. The first-order valence-corrected chi connectivity index (χ1v) is 4.70. The number of aromatic hydroxyl groups is 1. The summed E-state index contributed by atoms with van der Waals surface area (Å²) in [5, 5.41) is 15.8. The third-order valence-corrected chi connectivity index (χ3v) is 1.93. The van der Waals surface area contributed by atoms with Crippen LogP contribution in [-0.4, -0.2) is 31.5 Å². The van der Waals surface area contributed by atoms with E-state index in [4.69, 9.17) is 20.9 Å². The highest BCUT2D eigenvalue weighted by molar-refractivity contribution is 5.79. The van der Waals surface area contributed by atoms with Crippen molar-refractivity contribution in [1.82, 2.24) is 0 Å². The number of nitrogens with one attached hydrogen (secondary N) is 1. The van der Waals surface area contributed by atoms with Crippen LogP contribution in [0.3, 0.4) is 0 Å². The van der Waals surface area contributed by atoms with Crippen molar-refractivity contribution in [3.63, 3.8) is 0 Å². The number of guanidine groups is 1. The van der Waals surface area contributed by atoms with Gasteiger partial charge in [0.1, 0.15) is 0 Å². The molecule has 0 saturated carbocycles. The van der Waals surface area contributed by atoms with Gasteiger partial charge in [-0.15, -0.1) is 5.10 Å². The number of hydrazone groups is 1. The Labute approximate surface area is 98.4 Å². The minimum atomic E-state index is -0.0843. The molecule has 0 aliphatic heterocycles. The van der Waals surface area contributed by atoms with Crippen LogP contribution in [0.5, 0.6) is 17.2 Å². The van der Waals surface area contributed by atoms with Gasteiger partial charge in [-0.05, 0) is 12.1 Å². The second kappa shape index (κ2) is 5.59. The maximum Gasteiger partial charge on any atom is 0.256 e. The van der Waals surface area contributed by atoms with Crippen molar-refractivity contribution < 1.29 is 19.7 Å². The summed E-state index contributed by atoms with van der Waals surface area (Å²) in [7, 11) is 2.89. The molecule has 17 heavy (non-hydrogen) atoms. The van der Waals surface area contributed by atoms with Gasteiger partial charge >= 0.3 is 0 Å². The molecule has 7 heteroatoms. The summed E-state index contributed by atoms with van der Waals surface area (Å²) in [6, 6.07) is 3.21. The van der Waals surface area contributed by atoms with Gasteiger partial charge in [0.15, 0.2) is 11.5 Å². The van der Waals surface area contributed by atoms with E-state index in [1.165, 1.54) is 20.4 Å². The second-order valence-electron chi connectivity index (χ2n) is 3.08. The summed E-state index contributed by atoms with van der Waals surface area (Å²) in [6.45, 7) is 0. The Morgan fingerprint density at radius 1 is 1.29 bits per heavy atom. The third-order valence-electron chi connectivity index (χ3n) is 1.93. The monoisotopic (exact) mass is 239 g/mol. The average Bonchev–Trinajstić information content (AvgIpc) is 2.30. The molecule has 0 heterocycles. The molecule has 92 valence electrons. The number of ether oxygens (including phenoxy) is 2. The number of nitrogens with two attached hydrogens (primary N) is 2. The smallest absolute Gasteiger partial charge is 0.256 e. The molecule has 0 fully saturated rings. The topological polar surface area (TPSA) is 117 Å². The summed E-state index contributed by atoms with van der Waals surface area (Å²) in [4.78, 5) is 0. The van der Waals surface area contributed by atoms with Crippen molar-refractivity contribution in [2.75, 3.05) is 14.2 Å². The number of hydrogen-bond donors (Lipinski definition) is 4. The van der Waals surface area contributed by atoms with Crippen LogP contribution in [0.15, 0.2) is 17.2 Å². The summed E-state index contributed by atoms with van der Waals surface area (Å²) in [5.74, 6) is 0.442. The van der Waals surface area contributed by atoms with Crippen LogP contribution in [0.25, 0.3) is 0 Å². The van der Waals surface area contributed by atoms with Crippen LogP contribution in [-0.2, 0) is 0 Å². The van der Waals surface area contributed by atoms with Crippen molar-refractivity contribution in [2.45, 2.75) is 0 Å². The molecule has 1 aromatic carbocycles. The fraction of sp³-hybridized carbons (Fsp3) is 0.200. The number of hydrogen-bond acceptors (Lipinski definition) is 4. The highest BCUT2D eigenvalue weighted by Crippen LogP contribution is 2.36. The minimum Gasteiger partial charge on any atom is -0.502 e. The molecular weight excluding hydrogens is 224 g/mol. The Hall–Kier alpha value is -2.44. The Kier molecular flexibility index (Phi) is 4.15. The molecule has 0 unspecified atom stereocenters. The van der Waals surface area contributed by atoms with Gasteiger partial charge in [-0.25, -0.2) is 0 Å². The van der Waals surface area contributed by atoms with Crippen molar-refractivity contribution in [2.24, 2.45) is 16.6 Å². The van der Waals surface area contributed by atoms with E-state index >= 15 is 0 Å². The molecule has 0 spiro atoms. The third kappa shape index (κ3) is 3.26. The van der Waals surface area contributed by atoms with E-state index in [2.05, 4.69) is 10.2 Å². The Bertz CT molecular complexity index is 428. The Balaban J connectivity index is 3.09. The summed E-state index contributed by atoms with van der Waals surface area (Å²) >= 11 is 0. The lowest BCUT2D eigenvalue weighted by atomic mass is 10.2. The van der Waals surface area contributed by atoms with Crippen LogP contribution in [0, 0.1) is 0 Å². The van der Waals surface area contributed by atoms with E-state index in [0.29, 0.717) is 17.1 Å². The van der Waals surface area contributed by atoms with Gasteiger partial charge in [0.2, 0.25) is 12.0 Å². The van der Waals surface area contributed by atoms with Gasteiger partial charge in [0.25, 0.3) is 5.96 Å². The Morgan fingerprint density at radius 2 is 1.82 bits per heavy atom. The minimum absolute atomic E-state index is 0.0611. The first kappa shape index (κ1) is 12.6. The summed E-state index contributed by atoms with van der Waals surface area (Å²) < 4.78 is 9.99. The standard InChI is InChI=1S/C10H14N4O3/c1-16-7-3-6(5-13-14-10(11)12)4-8(17-2)9(7)15/h3-5,15H,1-2H3,(H4,11,12,14)/p+1. The number of methoxy groups -OCH3 is 2. The number of benzene rings is 1. The van der Waals surface area contributed by atoms with Crippen LogP contribution in [0.1, 0.15) is 5.56 Å². The van der Waals surface area contributed by atoms with Crippen LogP contribution in [0.2, 0.25) is 0 Å². The van der Waals surface area contributed by atoms with Gasteiger partial charge in [0, 0.05) is 10.7 Å². The predicted molar refractivity (Wildman–Crippen MR) is 63.1 cm³/mol. The first-order chi connectivity index (χ1) is 8.08. The largest absolute Gasteiger partial charge is 0.502 e. The molecule has 0 saturated heterocycles. The van der Waals surface area contributed by atoms with Crippen molar-refractivity contribution in [1.29, 1.82) is 0 Å². The van der Waals surface area contributed by atoms with Crippen molar-refractivity contribution in [3.8, 4) is 17.2 Å². The summed E-state index contributed by atoms with van der Waals surface area (Å²) in [5.41, 5.74) is 11.0. The maximum atomic E-state index is 9.68. The van der Waals surface area contributed by atoms with E-state index in [9.17, 15) is 5.11 Å². The van der Waals surface area contributed by atoms with Crippen molar-refractivity contribution >= 4 is 12.2 Å². The van der Waals surface area contributed by atoms with Gasteiger partial charge < -0.3 is 26.0 Å². The number of phenols is 1. The van der Waals surface area contributed by atoms with E-state index < -0.39 is 0 Å². The molecule has 0 aliphatic rings. The number of phenolic OH excluding ortho intramolecular Hbond substituents is 1. The lowest BCUT2D eigenvalue weighted by molar-refractivity contribution is -0.456. The second-order valence-corrected chi connectivity index (χ2v) is 3.08. The fourth-order valence-corrected chi connectivity index (χ4v) is 1.18. The zero-order valence-electron chi connectivity index (χ0n) is 9.60. The average molecular weight is 239 g/mol. The number of rotatable bonds is 4. The molecule has 0 amide bonds. The van der Waals surface area contributed by atoms with Crippen LogP contribution in [0.4, 0.5) is 0 Å². The SMILES string of the molecule is COc1cc(C=[NH+]N=C(N)N)cc(OC)c1O. The van der Waals surface area contributed by atoms with Crippen LogP contribution >= 0.6 is 0 Å². The zero-order chi connectivity index (χ0) is 12.8. The molecule has 0 aromatic heterocycles. The molecule has 0 aliphatic carbocycles. The van der Waals surface area contributed by atoms with Gasteiger partial charge in [-0.1, -0.05) is 0 Å². The predicted octanol–water partition coefficient (Wildman–Crippen LogP) is -1.90. The lowest BCUT2D eigenvalue weighted by Crippen LogP contribution is -2.63. The molecule has 1 aromatic rings. The van der Waals surface area contributed by atoms with Crippen LogP contribution < -0.4 is 26.0 Å². The molecular formula is C10H15N4O3+. The van der Waals surface area contributed by atoms with Crippen molar-refractivity contribution in [3.05, 3.63) is 17.7 Å². The molecule has 0 atom stereocenters. The maximum absolute atomic E-state index is 9.68. The molecule has 0 bridgehead atoms. The van der Waals surface area contributed by atoms with E-state index in [1.54, 1.807) is 12.1 Å². The van der Waals surface area contributed by atoms with Gasteiger partial charge in [-0.2, -0.15) is 0 Å². The molecule has 6 N–H and O–H groups in total. The first-order valence-electron chi connectivity index (χ1n) is 4.70. The molecule has 1 rings (SSSR count). The highest BCUT2D eigenvalue weighted by atomic mass is 16.5. The Morgan fingerprint density at radius 3 is 2.24 bits per heavy atom. The lowest BCUT2D eigenvalue weighted by Gasteiger charge is -2.08. The molecule has 0 radical (unpaired) electrons. The quantitative estimate of drug-likeness (QED) is 0.278. The van der Waals surface area contributed by atoms with E-state index in [-0.39, 0.29) is 11.7 Å². The van der Waals surface area contributed by atoms with Gasteiger partial charge in [0.05, 0.1) is 14.2 Å². The highest BCUT2D eigenvalue weighted by Gasteiger charge is 2.11. The van der Waals surface area contributed by atoms with Gasteiger partial charge in [-0.3, -0.25) is 0 Å². The number of nitrogens with zero attached hydrogens (tertiary/aromatic N) is 1. The zero-order valence-corrected chi connectivity index (χ0v) is 9.60. The van der Waals surface area contributed by atoms with E-state index in [0.717, 1.165) is 0 Å². The fourth-order valence-electron chi connectivity index (χ4n) is 1.18. The molecule has 7 nitrogen and oxygen atoms in total.